The van der Waals surface area contributed by atoms with Crippen molar-refractivity contribution in [1.82, 2.24) is 0 Å². The van der Waals surface area contributed by atoms with Gasteiger partial charge in [0.25, 0.3) is 0 Å². The Balaban J connectivity index is 2.82. The third-order valence-electron chi connectivity index (χ3n) is 2.90. The van der Waals surface area contributed by atoms with Crippen LogP contribution < -0.4 is 11.1 Å². The van der Waals surface area contributed by atoms with Crippen LogP contribution in [0, 0.1) is 0 Å². The molecule has 19 heavy (non-hydrogen) atoms. The lowest BCUT2D eigenvalue weighted by atomic mass is 10.0. The summed E-state index contributed by atoms with van der Waals surface area (Å²) in [5.41, 5.74) is 5.99. The summed E-state index contributed by atoms with van der Waals surface area (Å²) in [5.74, 6) is 0. The van der Waals surface area contributed by atoms with Crippen LogP contribution in [0.1, 0.15) is 26.7 Å². The van der Waals surface area contributed by atoms with Gasteiger partial charge in [0.2, 0.25) is 0 Å². The van der Waals surface area contributed by atoms with Crippen molar-refractivity contribution < 1.29 is 13.5 Å². The zero-order valence-electron chi connectivity index (χ0n) is 11.6. The zero-order chi connectivity index (χ0) is 14.7. The molecule has 1 aromatic rings. The number of sulfone groups is 1. The van der Waals surface area contributed by atoms with Crippen LogP contribution in [0.15, 0.2) is 23.1 Å². The van der Waals surface area contributed by atoms with Crippen molar-refractivity contribution in [2.75, 3.05) is 23.9 Å². The van der Waals surface area contributed by atoms with Crippen molar-refractivity contribution >= 4 is 21.2 Å². The Morgan fingerprint density at radius 2 is 2.05 bits per heavy atom. The third-order valence-corrected chi connectivity index (χ3v) is 4.01. The topological polar surface area (TPSA) is 92.4 Å². The van der Waals surface area contributed by atoms with Crippen LogP contribution in [-0.2, 0) is 9.84 Å². The molecular formula is C13H22N2O3S. The normalized spacial score (nSPS) is 14.9. The number of nitrogens with two attached hydrogens (primary N) is 1. The van der Waals surface area contributed by atoms with Crippen LogP contribution >= 0.6 is 0 Å². The molecule has 1 atom stereocenters. The Morgan fingerprint density at radius 3 is 2.53 bits per heavy atom. The Labute approximate surface area is 114 Å². The van der Waals surface area contributed by atoms with E-state index >= 15 is 0 Å². The highest BCUT2D eigenvalue weighted by atomic mass is 32.2. The molecule has 0 amide bonds. The highest BCUT2D eigenvalue weighted by Crippen LogP contribution is 2.23. The van der Waals surface area contributed by atoms with E-state index in [0.717, 1.165) is 12.7 Å². The maximum atomic E-state index is 11.4. The number of nitrogens with one attached hydrogen (secondary N) is 1. The van der Waals surface area contributed by atoms with E-state index in [0.29, 0.717) is 24.3 Å². The van der Waals surface area contributed by atoms with Gasteiger partial charge >= 0.3 is 0 Å². The fourth-order valence-corrected chi connectivity index (χ4v) is 2.50. The predicted molar refractivity (Wildman–Crippen MR) is 78.0 cm³/mol. The van der Waals surface area contributed by atoms with Crippen LogP contribution in [-0.4, -0.2) is 31.9 Å². The summed E-state index contributed by atoms with van der Waals surface area (Å²) in [7, 11) is -3.25. The minimum Gasteiger partial charge on any atom is -0.397 e. The van der Waals surface area contributed by atoms with Gasteiger partial charge in [-0.3, -0.25) is 0 Å². The smallest absolute Gasteiger partial charge is 0.175 e. The van der Waals surface area contributed by atoms with E-state index in [2.05, 4.69) is 5.32 Å². The number of aliphatic hydroxyl groups is 1. The summed E-state index contributed by atoms with van der Waals surface area (Å²) >= 11 is 0. The molecule has 108 valence electrons. The van der Waals surface area contributed by atoms with Gasteiger partial charge in [-0.2, -0.15) is 0 Å². The van der Waals surface area contributed by atoms with Gasteiger partial charge in [-0.15, -0.1) is 0 Å². The second-order valence-electron chi connectivity index (χ2n) is 5.12. The lowest BCUT2D eigenvalue weighted by Crippen LogP contribution is -2.33. The Hall–Kier alpha value is -1.27. The first-order chi connectivity index (χ1) is 8.65. The van der Waals surface area contributed by atoms with Gasteiger partial charge in [0.15, 0.2) is 9.84 Å². The lowest BCUT2D eigenvalue weighted by molar-refractivity contribution is 0.0637. The van der Waals surface area contributed by atoms with Gasteiger partial charge in [-0.25, -0.2) is 8.42 Å². The molecule has 4 N–H and O–H groups in total. The summed E-state index contributed by atoms with van der Waals surface area (Å²) in [4.78, 5) is 0.191. The van der Waals surface area contributed by atoms with Gasteiger partial charge in [0.05, 0.1) is 21.9 Å². The molecule has 0 saturated heterocycles. The predicted octanol–water partition coefficient (Wildman–Crippen LogP) is 1.64. The van der Waals surface area contributed by atoms with Gasteiger partial charge < -0.3 is 16.2 Å². The third kappa shape index (κ3) is 4.72. The minimum atomic E-state index is -3.25. The van der Waals surface area contributed by atoms with E-state index in [4.69, 9.17) is 5.73 Å². The van der Waals surface area contributed by atoms with E-state index in [9.17, 15) is 13.5 Å². The summed E-state index contributed by atoms with van der Waals surface area (Å²) < 4.78 is 22.8. The molecule has 0 aliphatic rings. The number of hydrogen-bond acceptors (Lipinski definition) is 5. The summed E-state index contributed by atoms with van der Waals surface area (Å²) in [6.07, 6.45) is 2.71. The maximum absolute atomic E-state index is 11.4. The molecule has 1 aromatic carbocycles. The number of nitrogen functional groups attached to an aromatic ring is 1. The van der Waals surface area contributed by atoms with Gasteiger partial charge in [-0.1, -0.05) is 13.3 Å². The zero-order valence-corrected chi connectivity index (χ0v) is 12.4. The second kappa shape index (κ2) is 5.79. The van der Waals surface area contributed by atoms with Crippen molar-refractivity contribution in [1.29, 1.82) is 0 Å². The Bertz CT molecular complexity index is 539. The highest BCUT2D eigenvalue weighted by molar-refractivity contribution is 7.90. The summed E-state index contributed by atoms with van der Waals surface area (Å²) in [6.45, 7) is 4.12. The Kier molecular flexibility index (Phi) is 4.81. The van der Waals surface area contributed by atoms with Crippen molar-refractivity contribution in [2.24, 2.45) is 0 Å². The van der Waals surface area contributed by atoms with E-state index < -0.39 is 15.4 Å². The lowest BCUT2D eigenvalue weighted by Gasteiger charge is -2.24. The number of anilines is 2. The average Bonchev–Trinajstić information content (AvgIpc) is 2.26. The summed E-state index contributed by atoms with van der Waals surface area (Å²) in [6, 6.07) is 4.54. The molecule has 1 unspecified atom stereocenters. The molecule has 0 radical (unpaired) electrons. The van der Waals surface area contributed by atoms with Crippen molar-refractivity contribution in [3.63, 3.8) is 0 Å². The molecule has 0 aromatic heterocycles. The number of benzene rings is 1. The Morgan fingerprint density at radius 1 is 1.42 bits per heavy atom. The molecule has 6 heteroatoms. The molecule has 0 aliphatic heterocycles. The van der Waals surface area contributed by atoms with Crippen LogP contribution in [0.25, 0.3) is 0 Å². The first-order valence-corrected chi connectivity index (χ1v) is 8.11. The van der Waals surface area contributed by atoms with E-state index in [-0.39, 0.29) is 4.90 Å². The molecule has 5 nitrogen and oxygen atoms in total. The van der Waals surface area contributed by atoms with Gasteiger partial charge in [0.1, 0.15) is 0 Å². The monoisotopic (exact) mass is 286 g/mol. The molecule has 1 rings (SSSR count). The average molecular weight is 286 g/mol. The van der Waals surface area contributed by atoms with Crippen molar-refractivity contribution in [2.45, 2.75) is 37.2 Å². The highest BCUT2D eigenvalue weighted by Gasteiger charge is 2.19. The fourth-order valence-electron chi connectivity index (χ4n) is 1.85. The van der Waals surface area contributed by atoms with E-state index in [1.807, 2.05) is 6.92 Å². The first-order valence-electron chi connectivity index (χ1n) is 6.21. The molecule has 0 aliphatic carbocycles. The van der Waals surface area contributed by atoms with Crippen LogP contribution in [0.4, 0.5) is 11.4 Å². The largest absolute Gasteiger partial charge is 0.397 e. The van der Waals surface area contributed by atoms with Gasteiger partial charge in [0, 0.05) is 12.8 Å². The standard InChI is InChI=1S/C13H22N2O3S/c1-4-7-13(2,16)9-15-12-6-5-10(8-11(12)14)19(3,17)18/h5-6,8,15-16H,4,7,9,14H2,1-3H3. The van der Waals surface area contributed by atoms with Crippen LogP contribution in [0.2, 0.25) is 0 Å². The van der Waals surface area contributed by atoms with Gasteiger partial charge in [-0.05, 0) is 31.5 Å². The fraction of sp³-hybridized carbons (Fsp3) is 0.538. The molecule has 0 spiro atoms. The SMILES string of the molecule is CCCC(C)(O)CNc1ccc(S(C)(=O)=O)cc1N. The minimum absolute atomic E-state index is 0.191. The van der Waals surface area contributed by atoms with Crippen molar-refractivity contribution in [3.8, 4) is 0 Å². The quantitative estimate of drug-likeness (QED) is 0.691. The van der Waals surface area contributed by atoms with Crippen molar-refractivity contribution in [3.05, 3.63) is 18.2 Å². The second-order valence-corrected chi connectivity index (χ2v) is 7.14. The molecule has 0 bridgehead atoms. The molecule has 0 heterocycles. The van der Waals surface area contributed by atoms with Crippen LogP contribution in [0.3, 0.4) is 0 Å². The molecule has 0 saturated carbocycles. The first kappa shape index (κ1) is 15.8. The molecular weight excluding hydrogens is 264 g/mol. The van der Waals surface area contributed by atoms with Crippen LogP contribution in [0.5, 0.6) is 0 Å². The number of rotatable bonds is 6. The maximum Gasteiger partial charge on any atom is 0.175 e. The van der Waals surface area contributed by atoms with E-state index in [1.54, 1.807) is 13.0 Å². The van der Waals surface area contributed by atoms with E-state index in [1.165, 1.54) is 12.1 Å². The number of hydrogen-bond donors (Lipinski definition) is 3. The summed E-state index contributed by atoms with van der Waals surface area (Å²) in [5, 5.41) is 13.1. The molecule has 0 fully saturated rings.